The van der Waals surface area contributed by atoms with Gasteiger partial charge >= 0.3 is 6.09 Å². The van der Waals surface area contributed by atoms with Crippen LogP contribution < -0.4 is 14.8 Å². The molecule has 8 nitrogen and oxygen atoms in total. The number of benzene rings is 3. The van der Waals surface area contributed by atoms with Crippen LogP contribution in [0.15, 0.2) is 83.3 Å². The fraction of sp³-hybridized carbons (Fsp3) is 0.324. The Morgan fingerprint density at radius 1 is 1.00 bits per heavy atom. The normalized spacial score (nSPS) is 14.2. The van der Waals surface area contributed by atoms with Gasteiger partial charge in [-0.2, -0.15) is 0 Å². The van der Waals surface area contributed by atoms with Gasteiger partial charge in [-0.1, -0.05) is 30.3 Å². The number of pyridine rings is 1. The Hall–Kier alpha value is -4.28. The molecule has 10 heteroatoms. The van der Waals surface area contributed by atoms with Crippen molar-refractivity contribution >= 4 is 27.8 Å². The number of aromatic nitrogens is 1. The Kier molecular flexibility index (Phi) is 10.3. The molecule has 3 aromatic carbocycles. The van der Waals surface area contributed by atoms with E-state index in [1.807, 2.05) is 44.2 Å². The molecule has 1 aliphatic rings. The second-order valence-electron chi connectivity index (χ2n) is 12.4. The maximum Gasteiger partial charge on any atom is 0.408 e. The van der Waals surface area contributed by atoms with Crippen LogP contribution in [0.2, 0.25) is 0 Å². The first-order chi connectivity index (χ1) is 22.3. The molecule has 0 spiro atoms. The summed E-state index contributed by atoms with van der Waals surface area (Å²) in [4.78, 5) is 30.9. The first kappa shape index (κ1) is 34.1. The summed E-state index contributed by atoms with van der Waals surface area (Å²) in [5, 5.41) is 14.7. The second-order valence-corrected chi connectivity index (χ2v) is 13.3. The van der Waals surface area contributed by atoms with Crippen LogP contribution in [0.4, 0.5) is 9.18 Å². The van der Waals surface area contributed by atoms with Gasteiger partial charge in [0.05, 0.1) is 34.6 Å². The predicted molar refractivity (Wildman–Crippen MR) is 180 cm³/mol. The minimum absolute atomic E-state index is 0.0236. The van der Waals surface area contributed by atoms with E-state index in [1.165, 1.54) is 13.2 Å². The summed E-state index contributed by atoms with van der Waals surface area (Å²) in [5.74, 6) is 0.474. The number of ketones is 1. The van der Waals surface area contributed by atoms with E-state index in [9.17, 15) is 19.1 Å². The first-order valence-corrected chi connectivity index (χ1v) is 16.2. The van der Waals surface area contributed by atoms with Gasteiger partial charge in [0, 0.05) is 17.5 Å². The lowest BCUT2D eigenvalue weighted by molar-refractivity contribution is 0.0396. The van der Waals surface area contributed by atoms with Crippen molar-refractivity contribution < 1.29 is 33.3 Å². The molecule has 4 aromatic rings. The number of carbonyl (C=O) groups is 2. The highest BCUT2D eigenvalue weighted by Crippen LogP contribution is 2.36. The third kappa shape index (κ3) is 8.75. The molecule has 5 rings (SSSR count). The van der Waals surface area contributed by atoms with E-state index in [0.717, 1.165) is 18.4 Å². The minimum Gasteiger partial charge on any atom is -0.493 e. The smallest absolute Gasteiger partial charge is 0.408 e. The van der Waals surface area contributed by atoms with Gasteiger partial charge in [-0.15, -0.1) is 0 Å². The SMILES string of the molecule is COc1cc(C(=O)CCC(C)(O)c2cc(C(C)(C)NC(=O)OCc3ccccc3)cc(-c3ccc(F)c(Br)c3)n2)ccc1OC1CC1. The molecule has 47 heavy (non-hydrogen) atoms. The number of hydrogen-bond acceptors (Lipinski definition) is 7. The number of amides is 1. The lowest BCUT2D eigenvalue weighted by Gasteiger charge is -2.30. The van der Waals surface area contributed by atoms with Crippen molar-refractivity contribution in [3.05, 3.63) is 112 Å². The van der Waals surface area contributed by atoms with Crippen LogP contribution in [0, 0.1) is 5.82 Å². The van der Waals surface area contributed by atoms with Gasteiger partial charge in [-0.25, -0.2) is 14.2 Å². The van der Waals surface area contributed by atoms with Crippen molar-refractivity contribution in [2.24, 2.45) is 0 Å². The molecule has 0 saturated heterocycles. The topological polar surface area (TPSA) is 107 Å². The van der Waals surface area contributed by atoms with Crippen LogP contribution in [0.1, 0.15) is 73.6 Å². The molecule has 246 valence electrons. The van der Waals surface area contributed by atoms with Crippen LogP contribution in [0.25, 0.3) is 11.3 Å². The van der Waals surface area contributed by atoms with Gasteiger partial charge in [-0.05, 0) is 116 Å². The van der Waals surface area contributed by atoms with Crippen molar-refractivity contribution in [3.63, 3.8) is 0 Å². The van der Waals surface area contributed by atoms with E-state index in [1.54, 1.807) is 49.4 Å². The average molecular weight is 706 g/mol. The standard InChI is InChI=1S/C37H38BrFN2O6/c1-36(2,41-35(43)46-22-23-8-6-5-7-9-23)26-20-30(24-10-14-29(39)28(38)18-24)40-34(21-26)37(3,44)17-16-31(42)25-11-15-32(33(19-25)45-4)47-27-12-13-27/h5-11,14-15,18-21,27,44H,12-13,16-17,22H2,1-4H3,(H,41,43). The van der Waals surface area contributed by atoms with Crippen LogP contribution >= 0.6 is 15.9 Å². The zero-order valence-electron chi connectivity index (χ0n) is 26.8. The first-order valence-electron chi connectivity index (χ1n) is 15.4. The van der Waals surface area contributed by atoms with Crippen LogP contribution in [0.5, 0.6) is 11.5 Å². The summed E-state index contributed by atoms with van der Waals surface area (Å²) in [6.07, 6.45) is 1.65. The van der Waals surface area contributed by atoms with Crippen molar-refractivity contribution in [1.29, 1.82) is 0 Å². The molecule has 2 N–H and O–H groups in total. The maximum atomic E-state index is 14.1. The summed E-state index contributed by atoms with van der Waals surface area (Å²) in [6.45, 7) is 5.31. The molecule has 1 atom stereocenters. The number of nitrogens with one attached hydrogen (secondary N) is 1. The minimum atomic E-state index is -1.54. The monoisotopic (exact) mass is 704 g/mol. The molecule has 1 amide bonds. The maximum absolute atomic E-state index is 14.1. The Labute approximate surface area is 282 Å². The van der Waals surface area contributed by atoms with Gasteiger partial charge in [0.2, 0.25) is 0 Å². The highest BCUT2D eigenvalue weighted by Gasteiger charge is 2.32. The Balaban J connectivity index is 1.38. The van der Waals surface area contributed by atoms with Gasteiger partial charge in [0.15, 0.2) is 17.3 Å². The third-order valence-electron chi connectivity index (χ3n) is 8.08. The Bertz CT molecular complexity index is 1760. The Morgan fingerprint density at radius 2 is 1.74 bits per heavy atom. The molecule has 1 aromatic heterocycles. The lowest BCUT2D eigenvalue weighted by Crippen LogP contribution is -2.41. The summed E-state index contributed by atoms with van der Waals surface area (Å²) >= 11 is 3.24. The highest BCUT2D eigenvalue weighted by molar-refractivity contribution is 9.10. The molecule has 1 fully saturated rings. The van der Waals surface area contributed by atoms with Crippen molar-refractivity contribution in [1.82, 2.24) is 10.3 Å². The zero-order valence-corrected chi connectivity index (χ0v) is 28.4. The summed E-state index contributed by atoms with van der Waals surface area (Å²) in [6, 6.07) is 22.4. The number of methoxy groups -OCH3 is 1. The quantitative estimate of drug-likeness (QED) is 0.135. The van der Waals surface area contributed by atoms with Crippen molar-refractivity contribution in [2.75, 3.05) is 7.11 Å². The van der Waals surface area contributed by atoms with Gasteiger partial charge in [-0.3, -0.25) is 4.79 Å². The van der Waals surface area contributed by atoms with E-state index in [2.05, 4.69) is 21.2 Å². The highest BCUT2D eigenvalue weighted by atomic mass is 79.9. The van der Waals surface area contributed by atoms with Crippen LogP contribution in [-0.4, -0.2) is 35.2 Å². The molecule has 1 heterocycles. The van der Waals surface area contributed by atoms with Gasteiger partial charge in [0.25, 0.3) is 0 Å². The number of halogens is 2. The van der Waals surface area contributed by atoms with Crippen molar-refractivity contribution in [3.8, 4) is 22.8 Å². The summed E-state index contributed by atoms with van der Waals surface area (Å²) in [5.41, 5.74) is 0.740. The number of Topliss-reactive ketones (excluding diaryl/α,β-unsaturated/α-hetero) is 1. The second kappa shape index (κ2) is 14.2. The van der Waals surface area contributed by atoms with E-state index in [-0.39, 0.29) is 41.5 Å². The number of rotatable bonds is 13. The third-order valence-corrected chi connectivity index (χ3v) is 8.69. The van der Waals surface area contributed by atoms with E-state index in [0.29, 0.717) is 33.9 Å². The molecular weight excluding hydrogens is 667 g/mol. The number of nitrogens with zero attached hydrogens (tertiary/aromatic N) is 1. The average Bonchev–Trinajstić information content (AvgIpc) is 3.88. The fourth-order valence-electron chi connectivity index (χ4n) is 4.99. The molecule has 0 aliphatic heterocycles. The molecule has 1 unspecified atom stereocenters. The molecule has 0 radical (unpaired) electrons. The molecule has 1 saturated carbocycles. The van der Waals surface area contributed by atoms with E-state index < -0.39 is 23.1 Å². The van der Waals surface area contributed by atoms with Crippen LogP contribution in [0.3, 0.4) is 0 Å². The number of hydrogen-bond donors (Lipinski definition) is 2. The van der Waals surface area contributed by atoms with Gasteiger partial charge in [0.1, 0.15) is 18.0 Å². The number of carbonyl (C=O) groups excluding carboxylic acids is 2. The number of alkyl carbamates (subject to hydrolysis) is 1. The van der Waals surface area contributed by atoms with Crippen LogP contribution in [-0.2, 0) is 22.5 Å². The van der Waals surface area contributed by atoms with E-state index in [4.69, 9.17) is 19.2 Å². The summed E-state index contributed by atoms with van der Waals surface area (Å²) < 4.78 is 31.2. The number of ether oxygens (including phenoxy) is 3. The predicted octanol–water partition coefficient (Wildman–Crippen LogP) is 8.23. The lowest BCUT2D eigenvalue weighted by atomic mass is 9.87. The summed E-state index contributed by atoms with van der Waals surface area (Å²) in [7, 11) is 1.53. The molecular formula is C37H38BrFN2O6. The molecule has 0 bridgehead atoms. The fourth-order valence-corrected chi connectivity index (χ4v) is 5.37. The number of aliphatic hydroxyl groups is 1. The van der Waals surface area contributed by atoms with Gasteiger partial charge < -0.3 is 24.6 Å². The molecule has 1 aliphatic carbocycles. The van der Waals surface area contributed by atoms with E-state index >= 15 is 0 Å². The van der Waals surface area contributed by atoms with Crippen molar-refractivity contribution in [2.45, 2.75) is 70.3 Å². The Morgan fingerprint density at radius 3 is 2.43 bits per heavy atom. The zero-order chi connectivity index (χ0) is 33.8. The largest absolute Gasteiger partial charge is 0.493 e.